The molecule has 2 aromatic rings. The van der Waals surface area contributed by atoms with Gasteiger partial charge in [0, 0.05) is 18.4 Å². The van der Waals surface area contributed by atoms with E-state index < -0.39 is 0 Å². The van der Waals surface area contributed by atoms with E-state index in [1.54, 1.807) is 12.3 Å². The molecule has 98 valence electrons. The normalized spacial score (nSPS) is 10.0. The van der Waals surface area contributed by atoms with E-state index in [9.17, 15) is 4.79 Å². The third-order valence-corrected chi connectivity index (χ3v) is 2.58. The van der Waals surface area contributed by atoms with Crippen LogP contribution in [0.5, 0.6) is 0 Å². The second kappa shape index (κ2) is 5.97. The molecule has 19 heavy (non-hydrogen) atoms. The lowest BCUT2D eigenvalue weighted by atomic mass is 10.2. The van der Waals surface area contributed by atoms with Gasteiger partial charge in [0.1, 0.15) is 5.82 Å². The average Bonchev–Trinajstić information content (AvgIpc) is 2.38. The number of amides is 2. The Morgan fingerprint density at radius 1 is 1.26 bits per heavy atom. The Kier molecular flexibility index (Phi) is 4.10. The van der Waals surface area contributed by atoms with Gasteiger partial charge in [-0.1, -0.05) is 12.1 Å². The smallest absolute Gasteiger partial charge is 0.324 e. The van der Waals surface area contributed by atoms with Gasteiger partial charge in [-0.05, 0) is 42.3 Å². The standard InChI is InChI=1S/C14H16N4O/c1-10-5-6-16-13(7-10)18-14(19)17-12-4-2-3-11(8-12)9-15/h2-8H,9,15H2,1H3,(H2,16,17,18,19). The zero-order valence-electron chi connectivity index (χ0n) is 10.7. The average molecular weight is 256 g/mol. The van der Waals surface area contributed by atoms with Gasteiger partial charge in [0.2, 0.25) is 0 Å². The zero-order valence-corrected chi connectivity index (χ0v) is 10.7. The molecular weight excluding hydrogens is 240 g/mol. The second-order valence-electron chi connectivity index (χ2n) is 4.20. The van der Waals surface area contributed by atoms with Gasteiger partial charge in [-0.2, -0.15) is 0 Å². The number of nitrogens with two attached hydrogens (primary N) is 1. The number of aromatic nitrogens is 1. The van der Waals surface area contributed by atoms with E-state index in [2.05, 4.69) is 15.6 Å². The van der Waals surface area contributed by atoms with Crippen molar-refractivity contribution in [3.63, 3.8) is 0 Å². The summed E-state index contributed by atoms with van der Waals surface area (Å²) in [4.78, 5) is 15.9. The number of rotatable bonds is 3. The minimum absolute atomic E-state index is 0.327. The van der Waals surface area contributed by atoms with Crippen molar-refractivity contribution in [2.24, 2.45) is 5.73 Å². The molecule has 0 bridgehead atoms. The van der Waals surface area contributed by atoms with E-state index in [4.69, 9.17) is 5.73 Å². The summed E-state index contributed by atoms with van der Waals surface area (Å²) in [6.07, 6.45) is 1.65. The number of anilines is 2. The van der Waals surface area contributed by atoms with Crippen molar-refractivity contribution in [2.75, 3.05) is 10.6 Å². The van der Waals surface area contributed by atoms with Crippen LogP contribution in [-0.4, -0.2) is 11.0 Å². The number of benzene rings is 1. The topological polar surface area (TPSA) is 80.0 Å². The third-order valence-electron chi connectivity index (χ3n) is 2.58. The number of carbonyl (C=O) groups excluding carboxylic acids is 1. The molecule has 0 radical (unpaired) electrons. The van der Waals surface area contributed by atoms with Crippen molar-refractivity contribution in [3.05, 3.63) is 53.7 Å². The zero-order chi connectivity index (χ0) is 13.7. The lowest BCUT2D eigenvalue weighted by Crippen LogP contribution is -2.20. The maximum absolute atomic E-state index is 11.8. The highest BCUT2D eigenvalue weighted by atomic mass is 16.2. The largest absolute Gasteiger partial charge is 0.326 e. The van der Waals surface area contributed by atoms with E-state index in [-0.39, 0.29) is 6.03 Å². The molecule has 2 amide bonds. The lowest BCUT2D eigenvalue weighted by molar-refractivity contribution is 0.262. The third kappa shape index (κ3) is 3.79. The summed E-state index contributed by atoms with van der Waals surface area (Å²) in [7, 11) is 0. The minimum atomic E-state index is -0.327. The molecule has 0 spiro atoms. The lowest BCUT2D eigenvalue weighted by Gasteiger charge is -2.08. The predicted molar refractivity (Wildman–Crippen MR) is 75.9 cm³/mol. The minimum Gasteiger partial charge on any atom is -0.326 e. The van der Waals surface area contributed by atoms with E-state index in [1.165, 1.54) is 0 Å². The van der Waals surface area contributed by atoms with E-state index in [1.807, 2.05) is 37.3 Å². The Morgan fingerprint density at radius 2 is 2.11 bits per heavy atom. The first-order chi connectivity index (χ1) is 9.17. The van der Waals surface area contributed by atoms with Crippen molar-refractivity contribution >= 4 is 17.5 Å². The van der Waals surface area contributed by atoms with Gasteiger partial charge in [0.05, 0.1) is 0 Å². The van der Waals surface area contributed by atoms with E-state index in [0.717, 1.165) is 11.1 Å². The summed E-state index contributed by atoms with van der Waals surface area (Å²) in [5, 5.41) is 5.42. The molecule has 0 aliphatic rings. The molecule has 0 saturated heterocycles. The van der Waals surface area contributed by atoms with Gasteiger partial charge < -0.3 is 11.1 Å². The summed E-state index contributed by atoms with van der Waals surface area (Å²) in [6, 6.07) is 10.7. The molecular formula is C14H16N4O. The van der Waals surface area contributed by atoms with Gasteiger partial charge in [0.25, 0.3) is 0 Å². The van der Waals surface area contributed by atoms with Crippen LogP contribution in [0, 0.1) is 6.92 Å². The number of hydrogen-bond donors (Lipinski definition) is 3. The van der Waals surface area contributed by atoms with Crippen LogP contribution in [0.25, 0.3) is 0 Å². The number of carbonyl (C=O) groups is 1. The Bertz CT molecular complexity index is 583. The molecule has 0 aliphatic heterocycles. The quantitative estimate of drug-likeness (QED) is 0.789. The fraction of sp³-hybridized carbons (Fsp3) is 0.143. The van der Waals surface area contributed by atoms with Crippen LogP contribution in [0.4, 0.5) is 16.3 Å². The Labute approximate surface area is 111 Å². The van der Waals surface area contributed by atoms with Crippen LogP contribution >= 0.6 is 0 Å². The molecule has 1 aromatic heterocycles. The fourth-order valence-corrected chi connectivity index (χ4v) is 1.66. The molecule has 0 unspecified atom stereocenters. The van der Waals surface area contributed by atoms with E-state index in [0.29, 0.717) is 18.1 Å². The number of urea groups is 1. The SMILES string of the molecule is Cc1ccnc(NC(=O)Nc2cccc(CN)c2)c1. The van der Waals surface area contributed by atoms with Crippen LogP contribution in [0.15, 0.2) is 42.6 Å². The highest BCUT2D eigenvalue weighted by Gasteiger charge is 2.03. The first-order valence-corrected chi connectivity index (χ1v) is 5.97. The number of aryl methyl sites for hydroxylation is 1. The summed E-state index contributed by atoms with van der Waals surface area (Å²) < 4.78 is 0. The number of nitrogens with zero attached hydrogens (tertiary/aromatic N) is 1. The van der Waals surface area contributed by atoms with Crippen molar-refractivity contribution in [1.29, 1.82) is 0 Å². The molecule has 5 nitrogen and oxygen atoms in total. The van der Waals surface area contributed by atoms with Crippen LogP contribution in [-0.2, 0) is 6.54 Å². The maximum atomic E-state index is 11.8. The summed E-state index contributed by atoms with van der Waals surface area (Å²) in [5.41, 5.74) is 8.26. The number of hydrogen-bond acceptors (Lipinski definition) is 3. The van der Waals surface area contributed by atoms with E-state index >= 15 is 0 Å². The molecule has 1 aromatic carbocycles. The molecule has 2 rings (SSSR count). The van der Waals surface area contributed by atoms with Gasteiger partial charge in [-0.15, -0.1) is 0 Å². The van der Waals surface area contributed by atoms with Gasteiger partial charge in [-0.25, -0.2) is 9.78 Å². The monoisotopic (exact) mass is 256 g/mol. The van der Waals surface area contributed by atoms with Crippen molar-refractivity contribution in [1.82, 2.24) is 4.98 Å². The van der Waals surface area contributed by atoms with Gasteiger partial charge in [-0.3, -0.25) is 5.32 Å². The molecule has 0 atom stereocenters. The molecule has 0 aliphatic carbocycles. The summed E-state index contributed by atoms with van der Waals surface area (Å²) in [5.74, 6) is 0.521. The fourth-order valence-electron chi connectivity index (χ4n) is 1.66. The highest BCUT2D eigenvalue weighted by Crippen LogP contribution is 2.11. The number of nitrogens with one attached hydrogen (secondary N) is 2. The van der Waals surface area contributed by atoms with Crippen molar-refractivity contribution < 1.29 is 4.79 Å². The Morgan fingerprint density at radius 3 is 2.84 bits per heavy atom. The first kappa shape index (κ1) is 13.0. The van der Waals surface area contributed by atoms with Crippen LogP contribution < -0.4 is 16.4 Å². The Hall–Kier alpha value is -2.40. The molecule has 0 saturated carbocycles. The predicted octanol–water partition coefficient (Wildman–Crippen LogP) is 2.49. The second-order valence-corrected chi connectivity index (χ2v) is 4.20. The van der Waals surface area contributed by atoms with Crippen LogP contribution in [0.3, 0.4) is 0 Å². The van der Waals surface area contributed by atoms with Crippen molar-refractivity contribution in [2.45, 2.75) is 13.5 Å². The molecule has 1 heterocycles. The highest BCUT2D eigenvalue weighted by molar-refractivity contribution is 5.99. The van der Waals surface area contributed by atoms with Crippen LogP contribution in [0.2, 0.25) is 0 Å². The van der Waals surface area contributed by atoms with Crippen molar-refractivity contribution in [3.8, 4) is 0 Å². The molecule has 5 heteroatoms. The summed E-state index contributed by atoms with van der Waals surface area (Å²) >= 11 is 0. The maximum Gasteiger partial charge on any atom is 0.324 e. The first-order valence-electron chi connectivity index (χ1n) is 5.97. The van der Waals surface area contributed by atoms with Gasteiger partial charge >= 0.3 is 6.03 Å². The summed E-state index contributed by atoms with van der Waals surface area (Å²) in [6.45, 7) is 2.38. The van der Waals surface area contributed by atoms with Crippen LogP contribution in [0.1, 0.15) is 11.1 Å². The van der Waals surface area contributed by atoms with Gasteiger partial charge in [0.15, 0.2) is 0 Å². The number of pyridine rings is 1. The molecule has 0 fully saturated rings. The Balaban J connectivity index is 2.01. The molecule has 4 N–H and O–H groups in total.